The molecule has 0 aromatic carbocycles. The van der Waals surface area contributed by atoms with Gasteiger partial charge in [0, 0.05) is 13.1 Å². The minimum Gasteiger partial charge on any atom is -0.344 e. The largest absolute Gasteiger partial charge is 0.344 e. The molecule has 0 aliphatic rings. The Hall–Kier alpha value is -1.36. The topological polar surface area (TPSA) is 56.7 Å². The molecule has 0 aliphatic heterocycles. The van der Waals surface area contributed by atoms with Crippen LogP contribution >= 0.6 is 11.6 Å². The fourth-order valence-corrected chi connectivity index (χ4v) is 0.975. The van der Waals surface area contributed by atoms with Crippen LogP contribution < -0.4 is 0 Å². The molecule has 0 atom stereocenters. The van der Waals surface area contributed by atoms with Crippen LogP contribution in [-0.4, -0.2) is 20.2 Å². The van der Waals surface area contributed by atoms with Crippen LogP contribution in [0, 0.1) is 0 Å². The van der Waals surface area contributed by atoms with E-state index in [-0.39, 0.29) is 5.22 Å². The number of hydrogen-bond donors (Lipinski definition) is 0. The molecule has 2 rings (SSSR count). The van der Waals surface area contributed by atoms with Crippen LogP contribution in [0.4, 0.5) is 0 Å². The van der Waals surface area contributed by atoms with E-state index in [4.69, 9.17) is 11.6 Å². The van der Waals surface area contributed by atoms with Gasteiger partial charge in [0.05, 0.1) is 6.20 Å². The standard InChI is InChI=1S/C6H5ClN4O/c1-11-8-3-5(9-11)4-2-6(7)12-10-4/h2-3H,1H3. The average Bonchev–Trinajstić information content (AvgIpc) is 2.58. The Morgan fingerprint density at radius 3 is 2.83 bits per heavy atom. The van der Waals surface area contributed by atoms with Gasteiger partial charge in [0.1, 0.15) is 11.4 Å². The Balaban J connectivity index is 2.43. The summed E-state index contributed by atoms with van der Waals surface area (Å²) in [6, 6.07) is 1.59. The summed E-state index contributed by atoms with van der Waals surface area (Å²) in [5.41, 5.74) is 1.24. The molecule has 0 amide bonds. The van der Waals surface area contributed by atoms with Crippen molar-refractivity contribution in [2.45, 2.75) is 0 Å². The molecule has 5 nitrogen and oxygen atoms in total. The summed E-state index contributed by atoms with van der Waals surface area (Å²) < 4.78 is 4.67. The molecule has 2 aromatic heterocycles. The van der Waals surface area contributed by atoms with Gasteiger partial charge >= 0.3 is 0 Å². The van der Waals surface area contributed by atoms with E-state index in [1.807, 2.05) is 0 Å². The van der Waals surface area contributed by atoms with Crippen molar-refractivity contribution in [2.24, 2.45) is 7.05 Å². The number of aryl methyl sites for hydroxylation is 1. The van der Waals surface area contributed by atoms with Gasteiger partial charge in [0.15, 0.2) is 0 Å². The predicted octanol–water partition coefficient (Wildman–Crippen LogP) is 1.12. The van der Waals surface area contributed by atoms with E-state index in [9.17, 15) is 0 Å². The molecule has 0 saturated carbocycles. The average molecular weight is 185 g/mol. The molecular weight excluding hydrogens is 180 g/mol. The lowest BCUT2D eigenvalue weighted by Gasteiger charge is -1.82. The van der Waals surface area contributed by atoms with Crippen molar-refractivity contribution in [3.05, 3.63) is 17.5 Å². The van der Waals surface area contributed by atoms with Crippen molar-refractivity contribution in [3.8, 4) is 11.4 Å². The molecule has 12 heavy (non-hydrogen) atoms. The Kier molecular flexibility index (Phi) is 1.58. The number of rotatable bonds is 1. The SMILES string of the molecule is Cn1ncc(-c2cc(Cl)on2)n1. The van der Waals surface area contributed by atoms with E-state index in [1.54, 1.807) is 19.3 Å². The summed E-state index contributed by atoms with van der Waals surface area (Å²) in [5.74, 6) is 0. The molecule has 0 unspecified atom stereocenters. The van der Waals surface area contributed by atoms with Crippen molar-refractivity contribution in [2.75, 3.05) is 0 Å². The van der Waals surface area contributed by atoms with Gasteiger partial charge in [-0.3, -0.25) is 0 Å². The molecule has 0 spiro atoms. The van der Waals surface area contributed by atoms with Crippen molar-refractivity contribution in [1.82, 2.24) is 20.2 Å². The Labute approximate surface area is 72.9 Å². The van der Waals surface area contributed by atoms with Gasteiger partial charge in [0.2, 0.25) is 5.22 Å². The maximum absolute atomic E-state index is 5.53. The summed E-state index contributed by atoms with van der Waals surface area (Å²) in [6.45, 7) is 0. The zero-order chi connectivity index (χ0) is 8.55. The number of aromatic nitrogens is 4. The van der Waals surface area contributed by atoms with Gasteiger partial charge in [0.25, 0.3) is 0 Å². The summed E-state index contributed by atoms with van der Waals surface area (Å²) in [5, 5.41) is 11.8. The highest BCUT2D eigenvalue weighted by atomic mass is 35.5. The first-order valence-corrected chi connectivity index (χ1v) is 3.62. The number of nitrogens with zero attached hydrogens (tertiary/aromatic N) is 4. The molecule has 62 valence electrons. The molecule has 0 aliphatic carbocycles. The van der Waals surface area contributed by atoms with Crippen LogP contribution in [0.2, 0.25) is 5.22 Å². The lowest BCUT2D eigenvalue weighted by Crippen LogP contribution is -1.91. The minimum absolute atomic E-state index is 0.246. The summed E-state index contributed by atoms with van der Waals surface area (Å²) in [7, 11) is 1.73. The van der Waals surface area contributed by atoms with Crippen LogP contribution in [-0.2, 0) is 7.05 Å². The third kappa shape index (κ3) is 1.18. The van der Waals surface area contributed by atoms with E-state index >= 15 is 0 Å². The Morgan fingerprint density at radius 1 is 1.50 bits per heavy atom. The first kappa shape index (κ1) is 7.30. The predicted molar refractivity (Wildman–Crippen MR) is 41.5 cm³/mol. The van der Waals surface area contributed by atoms with Crippen molar-refractivity contribution in [1.29, 1.82) is 0 Å². The van der Waals surface area contributed by atoms with Gasteiger partial charge in [-0.1, -0.05) is 5.16 Å². The smallest absolute Gasteiger partial charge is 0.226 e. The van der Waals surface area contributed by atoms with E-state index in [0.29, 0.717) is 11.4 Å². The molecule has 6 heteroatoms. The third-order valence-corrected chi connectivity index (χ3v) is 1.52. The quantitative estimate of drug-likeness (QED) is 0.667. The maximum atomic E-state index is 5.53. The molecule has 0 radical (unpaired) electrons. The zero-order valence-corrected chi connectivity index (χ0v) is 6.99. The fourth-order valence-electron chi connectivity index (χ4n) is 0.837. The molecule has 2 heterocycles. The van der Waals surface area contributed by atoms with Crippen molar-refractivity contribution in [3.63, 3.8) is 0 Å². The molecule has 0 saturated heterocycles. The maximum Gasteiger partial charge on any atom is 0.226 e. The second kappa shape index (κ2) is 2.60. The monoisotopic (exact) mass is 184 g/mol. The minimum atomic E-state index is 0.246. The van der Waals surface area contributed by atoms with E-state index < -0.39 is 0 Å². The molecule has 0 fully saturated rings. The highest BCUT2D eigenvalue weighted by Gasteiger charge is 2.07. The Morgan fingerprint density at radius 2 is 2.33 bits per heavy atom. The first-order valence-electron chi connectivity index (χ1n) is 3.24. The Bertz CT molecular complexity index is 355. The first-order chi connectivity index (χ1) is 5.75. The lowest BCUT2D eigenvalue weighted by molar-refractivity contribution is 0.424. The van der Waals surface area contributed by atoms with Crippen LogP contribution in [0.1, 0.15) is 0 Å². The number of hydrogen-bond acceptors (Lipinski definition) is 4. The fraction of sp³-hybridized carbons (Fsp3) is 0.167. The van der Waals surface area contributed by atoms with Gasteiger partial charge in [-0.25, -0.2) is 0 Å². The normalized spacial score (nSPS) is 10.5. The van der Waals surface area contributed by atoms with Crippen LogP contribution in [0.3, 0.4) is 0 Å². The summed E-state index contributed by atoms with van der Waals surface area (Å²) >= 11 is 5.53. The number of halogens is 1. The molecule has 0 bridgehead atoms. The summed E-state index contributed by atoms with van der Waals surface area (Å²) in [4.78, 5) is 1.44. The van der Waals surface area contributed by atoms with Crippen LogP contribution in [0.25, 0.3) is 11.4 Å². The van der Waals surface area contributed by atoms with E-state index in [2.05, 4.69) is 19.9 Å². The summed E-state index contributed by atoms with van der Waals surface area (Å²) in [6.07, 6.45) is 1.59. The lowest BCUT2D eigenvalue weighted by atomic mass is 10.3. The van der Waals surface area contributed by atoms with Gasteiger partial charge in [-0.05, 0) is 11.6 Å². The van der Waals surface area contributed by atoms with Crippen molar-refractivity contribution >= 4 is 11.6 Å². The van der Waals surface area contributed by atoms with Gasteiger partial charge in [-0.2, -0.15) is 15.0 Å². The molecule has 2 aromatic rings. The van der Waals surface area contributed by atoms with Gasteiger partial charge in [-0.15, -0.1) is 0 Å². The zero-order valence-electron chi connectivity index (χ0n) is 6.23. The second-order valence-electron chi connectivity index (χ2n) is 2.24. The third-order valence-electron chi connectivity index (χ3n) is 1.34. The van der Waals surface area contributed by atoms with E-state index in [1.165, 1.54) is 4.80 Å². The van der Waals surface area contributed by atoms with E-state index in [0.717, 1.165) is 0 Å². The highest BCUT2D eigenvalue weighted by molar-refractivity contribution is 6.29. The molecule has 0 N–H and O–H groups in total. The molecular formula is C6H5ClN4O. The van der Waals surface area contributed by atoms with Crippen molar-refractivity contribution < 1.29 is 4.52 Å². The van der Waals surface area contributed by atoms with Gasteiger partial charge < -0.3 is 4.52 Å². The van der Waals surface area contributed by atoms with Crippen LogP contribution in [0.5, 0.6) is 0 Å². The second-order valence-corrected chi connectivity index (χ2v) is 2.61. The highest BCUT2D eigenvalue weighted by Crippen LogP contribution is 2.18. The van der Waals surface area contributed by atoms with Crippen LogP contribution in [0.15, 0.2) is 16.8 Å².